The van der Waals surface area contributed by atoms with Gasteiger partial charge in [-0.15, -0.1) is 0 Å². The SMILES string of the molecule is COC(=O)[C@H]1CCCN(C(=O)c2ccncc2F)C1. The summed E-state index contributed by atoms with van der Waals surface area (Å²) < 4.78 is 18.2. The Morgan fingerprint density at radius 2 is 2.32 bits per heavy atom. The van der Waals surface area contributed by atoms with Gasteiger partial charge in [-0.3, -0.25) is 14.6 Å². The molecule has 6 heteroatoms. The Hall–Kier alpha value is -1.98. The van der Waals surface area contributed by atoms with E-state index in [1.165, 1.54) is 24.3 Å². The first kappa shape index (κ1) is 13.5. The number of hydrogen-bond acceptors (Lipinski definition) is 4. The van der Waals surface area contributed by atoms with Gasteiger partial charge in [0.15, 0.2) is 5.82 Å². The van der Waals surface area contributed by atoms with E-state index in [9.17, 15) is 14.0 Å². The van der Waals surface area contributed by atoms with Crippen molar-refractivity contribution in [2.45, 2.75) is 12.8 Å². The number of carbonyl (C=O) groups is 2. The second-order valence-electron chi connectivity index (χ2n) is 4.47. The third-order valence-electron chi connectivity index (χ3n) is 3.25. The van der Waals surface area contributed by atoms with Crippen LogP contribution in [-0.4, -0.2) is 42.0 Å². The Balaban J connectivity index is 2.11. The van der Waals surface area contributed by atoms with Crippen LogP contribution in [-0.2, 0) is 9.53 Å². The molecule has 2 heterocycles. The number of carbonyl (C=O) groups excluding carboxylic acids is 2. The van der Waals surface area contributed by atoms with Gasteiger partial charge < -0.3 is 9.64 Å². The van der Waals surface area contributed by atoms with Crippen molar-refractivity contribution in [1.82, 2.24) is 9.88 Å². The molecule has 0 aromatic carbocycles. The van der Waals surface area contributed by atoms with Crippen LogP contribution in [0.2, 0.25) is 0 Å². The van der Waals surface area contributed by atoms with Crippen molar-refractivity contribution in [3.63, 3.8) is 0 Å². The standard InChI is InChI=1S/C13H15FN2O3/c1-19-13(18)9-3-2-6-16(8-9)12(17)10-4-5-15-7-11(10)14/h4-5,7,9H,2-3,6,8H2,1H3/t9-/m0/s1. The Morgan fingerprint density at radius 3 is 3.00 bits per heavy atom. The second kappa shape index (κ2) is 5.77. The van der Waals surface area contributed by atoms with Crippen LogP contribution in [0.3, 0.4) is 0 Å². The van der Waals surface area contributed by atoms with Crippen LogP contribution < -0.4 is 0 Å². The number of rotatable bonds is 2. The lowest BCUT2D eigenvalue weighted by atomic mass is 9.97. The summed E-state index contributed by atoms with van der Waals surface area (Å²) in [4.78, 5) is 28.8. The fourth-order valence-corrected chi connectivity index (χ4v) is 2.24. The molecule has 1 aromatic rings. The lowest BCUT2D eigenvalue weighted by Gasteiger charge is -2.31. The van der Waals surface area contributed by atoms with E-state index < -0.39 is 11.7 Å². The van der Waals surface area contributed by atoms with E-state index in [-0.39, 0.29) is 24.0 Å². The molecule has 2 rings (SSSR count). The smallest absolute Gasteiger partial charge is 0.310 e. The summed E-state index contributed by atoms with van der Waals surface area (Å²) in [5.41, 5.74) is -0.0134. The van der Waals surface area contributed by atoms with E-state index in [0.717, 1.165) is 6.20 Å². The van der Waals surface area contributed by atoms with Crippen LogP contribution in [0.4, 0.5) is 4.39 Å². The van der Waals surface area contributed by atoms with Crippen molar-refractivity contribution in [3.8, 4) is 0 Å². The minimum atomic E-state index is -0.646. The predicted molar refractivity (Wildman–Crippen MR) is 64.8 cm³/mol. The van der Waals surface area contributed by atoms with Gasteiger partial charge in [0.05, 0.1) is 24.8 Å². The summed E-state index contributed by atoms with van der Waals surface area (Å²) in [6, 6.07) is 1.35. The molecule has 5 nitrogen and oxygen atoms in total. The number of nitrogens with zero attached hydrogens (tertiary/aromatic N) is 2. The van der Waals surface area contributed by atoms with Crippen molar-refractivity contribution in [1.29, 1.82) is 0 Å². The molecule has 0 unspecified atom stereocenters. The number of pyridine rings is 1. The molecule has 0 bridgehead atoms. The van der Waals surface area contributed by atoms with Crippen LogP contribution in [0.5, 0.6) is 0 Å². The van der Waals surface area contributed by atoms with Crippen LogP contribution in [0.1, 0.15) is 23.2 Å². The van der Waals surface area contributed by atoms with Gasteiger partial charge >= 0.3 is 5.97 Å². The topological polar surface area (TPSA) is 59.5 Å². The molecular formula is C13H15FN2O3. The maximum atomic E-state index is 13.5. The van der Waals surface area contributed by atoms with Gasteiger partial charge in [-0.1, -0.05) is 0 Å². The molecule has 1 aromatic heterocycles. The molecule has 1 amide bonds. The summed E-state index contributed by atoms with van der Waals surface area (Å²) in [6.45, 7) is 0.793. The highest BCUT2D eigenvalue weighted by atomic mass is 19.1. The summed E-state index contributed by atoms with van der Waals surface area (Å²) >= 11 is 0. The summed E-state index contributed by atoms with van der Waals surface area (Å²) in [5, 5.41) is 0. The second-order valence-corrected chi connectivity index (χ2v) is 4.47. The molecule has 1 aliphatic heterocycles. The highest BCUT2D eigenvalue weighted by Gasteiger charge is 2.30. The monoisotopic (exact) mass is 266 g/mol. The van der Waals surface area contributed by atoms with Crippen LogP contribution in [0.15, 0.2) is 18.5 Å². The highest BCUT2D eigenvalue weighted by Crippen LogP contribution is 2.20. The number of amides is 1. The van der Waals surface area contributed by atoms with E-state index in [0.29, 0.717) is 19.4 Å². The average Bonchev–Trinajstić information content (AvgIpc) is 2.46. The third kappa shape index (κ3) is 2.89. The first-order chi connectivity index (χ1) is 9.13. The fraction of sp³-hybridized carbons (Fsp3) is 0.462. The highest BCUT2D eigenvalue weighted by molar-refractivity contribution is 5.94. The van der Waals surface area contributed by atoms with Crippen molar-refractivity contribution in [3.05, 3.63) is 29.8 Å². The molecule has 1 saturated heterocycles. The Kier molecular flexibility index (Phi) is 4.09. The minimum absolute atomic E-state index is 0.0134. The lowest BCUT2D eigenvalue weighted by Crippen LogP contribution is -2.42. The Morgan fingerprint density at radius 1 is 1.53 bits per heavy atom. The molecule has 0 radical (unpaired) electrons. The molecule has 102 valence electrons. The first-order valence-corrected chi connectivity index (χ1v) is 6.10. The summed E-state index contributed by atoms with van der Waals surface area (Å²) in [7, 11) is 1.33. The van der Waals surface area contributed by atoms with Crippen molar-refractivity contribution in [2.24, 2.45) is 5.92 Å². The molecule has 0 spiro atoms. The fourth-order valence-electron chi connectivity index (χ4n) is 2.24. The number of piperidine rings is 1. The molecule has 0 saturated carbocycles. The zero-order valence-electron chi connectivity index (χ0n) is 10.6. The van der Waals surface area contributed by atoms with Crippen molar-refractivity contribution >= 4 is 11.9 Å². The normalized spacial score (nSPS) is 19.1. The summed E-state index contributed by atoms with van der Waals surface area (Å²) in [5.74, 6) is -1.71. The van der Waals surface area contributed by atoms with Crippen LogP contribution in [0.25, 0.3) is 0 Å². The number of esters is 1. The number of methoxy groups -OCH3 is 1. The zero-order chi connectivity index (χ0) is 13.8. The zero-order valence-corrected chi connectivity index (χ0v) is 10.6. The van der Waals surface area contributed by atoms with Gasteiger partial charge in [0.2, 0.25) is 0 Å². The third-order valence-corrected chi connectivity index (χ3v) is 3.25. The number of likely N-dealkylation sites (tertiary alicyclic amines) is 1. The largest absolute Gasteiger partial charge is 0.469 e. The van der Waals surface area contributed by atoms with E-state index in [4.69, 9.17) is 0 Å². The van der Waals surface area contributed by atoms with E-state index >= 15 is 0 Å². The first-order valence-electron chi connectivity index (χ1n) is 6.10. The number of aromatic nitrogens is 1. The van der Waals surface area contributed by atoms with Gasteiger partial charge in [-0.25, -0.2) is 4.39 Å². The number of halogens is 1. The van der Waals surface area contributed by atoms with Crippen LogP contribution >= 0.6 is 0 Å². The predicted octanol–water partition coefficient (Wildman–Crippen LogP) is 1.25. The van der Waals surface area contributed by atoms with Gasteiger partial charge in [0.1, 0.15) is 0 Å². The van der Waals surface area contributed by atoms with E-state index in [2.05, 4.69) is 9.72 Å². The maximum absolute atomic E-state index is 13.5. The van der Waals surface area contributed by atoms with Gasteiger partial charge in [0, 0.05) is 19.3 Å². The van der Waals surface area contributed by atoms with Crippen molar-refractivity contribution < 1.29 is 18.7 Å². The Labute approximate surface area is 110 Å². The molecule has 19 heavy (non-hydrogen) atoms. The van der Waals surface area contributed by atoms with Crippen molar-refractivity contribution in [2.75, 3.05) is 20.2 Å². The molecule has 0 N–H and O–H groups in total. The number of ether oxygens (including phenoxy) is 1. The quantitative estimate of drug-likeness (QED) is 0.756. The van der Waals surface area contributed by atoms with Gasteiger partial charge in [0.25, 0.3) is 5.91 Å². The van der Waals surface area contributed by atoms with Gasteiger partial charge in [-0.2, -0.15) is 0 Å². The Bertz CT molecular complexity index is 493. The molecule has 0 aliphatic carbocycles. The summed E-state index contributed by atoms with van der Waals surface area (Å²) in [6.07, 6.45) is 3.78. The van der Waals surface area contributed by atoms with Crippen LogP contribution in [0, 0.1) is 11.7 Å². The maximum Gasteiger partial charge on any atom is 0.310 e. The molecule has 1 aliphatic rings. The molecular weight excluding hydrogens is 251 g/mol. The molecule has 1 fully saturated rings. The van der Waals surface area contributed by atoms with E-state index in [1.807, 2.05) is 0 Å². The minimum Gasteiger partial charge on any atom is -0.469 e. The average molecular weight is 266 g/mol. The lowest BCUT2D eigenvalue weighted by molar-refractivity contribution is -0.146. The van der Waals surface area contributed by atoms with Gasteiger partial charge in [-0.05, 0) is 18.9 Å². The number of hydrogen-bond donors (Lipinski definition) is 0. The van der Waals surface area contributed by atoms with E-state index in [1.54, 1.807) is 0 Å². The molecule has 1 atom stereocenters.